The molecule has 1 heterocycles. The van der Waals surface area contributed by atoms with E-state index in [-0.39, 0.29) is 6.04 Å². The number of thioether (sulfide) groups is 1. The second-order valence-electron chi connectivity index (χ2n) is 5.42. The summed E-state index contributed by atoms with van der Waals surface area (Å²) in [6.07, 6.45) is 3.98. The van der Waals surface area contributed by atoms with Crippen LogP contribution >= 0.6 is 23.4 Å². The molecule has 1 aromatic rings. The topological polar surface area (TPSA) is 24.4 Å². The second-order valence-corrected chi connectivity index (χ2v) is 6.87. The van der Waals surface area contributed by atoms with E-state index in [1.165, 1.54) is 30.6 Å². The molecule has 0 amide bonds. The molecule has 1 aliphatic heterocycles. The highest BCUT2D eigenvalue weighted by atomic mass is 35.5. The molecule has 2 nitrogen and oxygen atoms in total. The highest BCUT2D eigenvalue weighted by molar-refractivity contribution is 8.13. The van der Waals surface area contributed by atoms with Gasteiger partial charge in [-0.2, -0.15) is 0 Å². The third-order valence-corrected chi connectivity index (χ3v) is 5.39. The minimum Gasteiger partial charge on any atom is -0.358 e. The van der Waals surface area contributed by atoms with Gasteiger partial charge in [0.2, 0.25) is 0 Å². The molecule has 0 bridgehead atoms. The third-order valence-electron chi connectivity index (χ3n) is 4.05. The van der Waals surface area contributed by atoms with Crippen molar-refractivity contribution in [2.45, 2.75) is 38.3 Å². The Balaban J connectivity index is 1.66. The standard InChI is InChI=1S/C15H19ClN2S/c1-10(11-5-7-13(16)8-6-11)17-15-18-14-4-2-3-12(14)9-19-15/h5-8,10,12,14H,2-4,9H2,1H3,(H,17,18). The van der Waals surface area contributed by atoms with Crippen molar-refractivity contribution in [2.75, 3.05) is 5.75 Å². The first kappa shape index (κ1) is 13.3. The molecule has 1 saturated carbocycles. The maximum absolute atomic E-state index is 5.92. The van der Waals surface area contributed by atoms with E-state index in [0.29, 0.717) is 6.04 Å². The van der Waals surface area contributed by atoms with Crippen LogP contribution in [0.1, 0.15) is 37.8 Å². The number of nitrogens with zero attached hydrogens (tertiary/aromatic N) is 1. The van der Waals surface area contributed by atoms with Crippen LogP contribution in [0.5, 0.6) is 0 Å². The van der Waals surface area contributed by atoms with Crippen LogP contribution in [0.25, 0.3) is 0 Å². The van der Waals surface area contributed by atoms with Crippen molar-refractivity contribution in [3.8, 4) is 0 Å². The van der Waals surface area contributed by atoms with Gasteiger partial charge in [-0.25, -0.2) is 0 Å². The van der Waals surface area contributed by atoms with E-state index in [9.17, 15) is 0 Å². The van der Waals surface area contributed by atoms with Crippen LogP contribution in [0.2, 0.25) is 5.02 Å². The Morgan fingerprint density at radius 3 is 2.89 bits per heavy atom. The second kappa shape index (κ2) is 5.76. The molecule has 0 aromatic heterocycles. The molecule has 3 unspecified atom stereocenters. The lowest BCUT2D eigenvalue weighted by atomic mass is 10.1. The Kier molecular flexibility index (Phi) is 4.04. The molecule has 0 spiro atoms. The summed E-state index contributed by atoms with van der Waals surface area (Å²) in [4.78, 5) is 4.87. The van der Waals surface area contributed by atoms with Crippen molar-refractivity contribution in [2.24, 2.45) is 10.9 Å². The van der Waals surface area contributed by atoms with Crippen molar-refractivity contribution in [1.82, 2.24) is 5.32 Å². The predicted octanol–water partition coefficient (Wildman–Crippen LogP) is 4.26. The molecular weight excluding hydrogens is 276 g/mol. The zero-order valence-corrected chi connectivity index (χ0v) is 12.7. The first-order valence-electron chi connectivity index (χ1n) is 6.95. The van der Waals surface area contributed by atoms with Crippen LogP contribution in [-0.2, 0) is 0 Å². The number of hydrogen-bond donors (Lipinski definition) is 1. The zero-order chi connectivity index (χ0) is 13.2. The zero-order valence-electron chi connectivity index (χ0n) is 11.1. The molecule has 1 aromatic carbocycles. The lowest BCUT2D eigenvalue weighted by Gasteiger charge is -2.25. The lowest BCUT2D eigenvalue weighted by molar-refractivity contribution is 0.531. The fourth-order valence-electron chi connectivity index (χ4n) is 2.85. The summed E-state index contributed by atoms with van der Waals surface area (Å²) in [5, 5.41) is 5.44. The van der Waals surface area contributed by atoms with Gasteiger partial charge in [0.1, 0.15) is 0 Å². The maximum Gasteiger partial charge on any atom is 0.157 e. The number of hydrogen-bond acceptors (Lipinski definition) is 3. The molecule has 1 aliphatic carbocycles. The van der Waals surface area contributed by atoms with Crippen molar-refractivity contribution < 1.29 is 0 Å². The van der Waals surface area contributed by atoms with E-state index in [0.717, 1.165) is 16.1 Å². The first-order chi connectivity index (χ1) is 9.22. The molecule has 2 aliphatic rings. The van der Waals surface area contributed by atoms with Gasteiger partial charge in [0.25, 0.3) is 0 Å². The average Bonchev–Trinajstić information content (AvgIpc) is 2.87. The summed E-state index contributed by atoms with van der Waals surface area (Å²) in [7, 11) is 0. The SMILES string of the molecule is CC(NC1=NC2CCCC2CS1)c1ccc(Cl)cc1. The maximum atomic E-state index is 5.92. The van der Waals surface area contributed by atoms with Gasteiger partial charge in [-0.05, 0) is 43.4 Å². The monoisotopic (exact) mass is 294 g/mol. The number of fused-ring (bicyclic) bond motifs is 1. The van der Waals surface area contributed by atoms with E-state index >= 15 is 0 Å². The molecule has 0 radical (unpaired) electrons. The summed E-state index contributed by atoms with van der Waals surface area (Å²) in [5.41, 5.74) is 1.25. The molecule has 4 heteroatoms. The van der Waals surface area contributed by atoms with Gasteiger partial charge in [-0.1, -0.05) is 41.9 Å². The van der Waals surface area contributed by atoms with Crippen LogP contribution < -0.4 is 5.32 Å². The smallest absolute Gasteiger partial charge is 0.157 e. The van der Waals surface area contributed by atoms with Crippen molar-refractivity contribution in [3.63, 3.8) is 0 Å². The number of amidine groups is 1. The van der Waals surface area contributed by atoms with Crippen LogP contribution in [0.3, 0.4) is 0 Å². The molecule has 3 rings (SSSR count). The Labute approximate surface area is 124 Å². The first-order valence-corrected chi connectivity index (χ1v) is 8.31. The molecule has 19 heavy (non-hydrogen) atoms. The average molecular weight is 295 g/mol. The highest BCUT2D eigenvalue weighted by Gasteiger charge is 2.31. The summed E-state index contributed by atoms with van der Waals surface area (Å²) in [6, 6.07) is 8.89. The largest absolute Gasteiger partial charge is 0.358 e. The summed E-state index contributed by atoms with van der Waals surface area (Å²) in [6.45, 7) is 2.17. The Hall–Kier alpha value is -0.670. The van der Waals surface area contributed by atoms with E-state index in [1.54, 1.807) is 0 Å². The van der Waals surface area contributed by atoms with E-state index in [4.69, 9.17) is 16.6 Å². The highest BCUT2D eigenvalue weighted by Crippen LogP contribution is 2.35. The van der Waals surface area contributed by atoms with Gasteiger partial charge in [-0.3, -0.25) is 4.99 Å². The number of nitrogens with one attached hydrogen (secondary N) is 1. The minimum absolute atomic E-state index is 0.279. The summed E-state index contributed by atoms with van der Waals surface area (Å²) >= 11 is 7.80. The fraction of sp³-hybridized carbons (Fsp3) is 0.533. The summed E-state index contributed by atoms with van der Waals surface area (Å²) < 4.78 is 0. The number of halogens is 1. The van der Waals surface area contributed by atoms with Crippen molar-refractivity contribution >= 4 is 28.5 Å². The molecular formula is C15H19ClN2S. The Bertz CT molecular complexity index is 472. The van der Waals surface area contributed by atoms with Gasteiger partial charge in [0.05, 0.1) is 12.1 Å². The number of benzene rings is 1. The van der Waals surface area contributed by atoms with E-state index in [1.807, 2.05) is 23.9 Å². The quantitative estimate of drug-likeness (QED) is 0.881. The van der Waals surface area contributed by atoms with Crippen LogP contribution in [0, 0.1) is 5.92 Å². The molecule has 1 N–H and O–H groups in total. The lowest BCUT2D eigenvalue weighted by Crippen LogP contribution is -2.31. The predicted molar refractivity (Wildman–Crippen MR) is 84.0 cm³/mol. The van der Waals surface area contributed by atoms with Crippen LogP contribution in [-0.4, -0.2) is 17.0 Å². The number of rotatable bonds is 2. The van der Waals surface area contributed by atoms with Crippen LogP contribution in [0.15, 0.2) is 29.3 Å². The normalized spacial score (nSPS) is 27.6. The van der Waals surface area contributed by atoms with Gasteiger partial charge in [0.15, 0.2) is 5.17 Å². The van der Waals surface area contributed by atoms with Gasteiger partial charge in [-0.15, -0.1) is 0 Å². The Morgan fingerprint density at radius 2 is 2.11 bits per heavy atom. The molecule has 0 saturated heterocycles. The third kappa shape index (κ3) is 3.09. The number of aliphatic imine (C=N–C) groups is 1. The van der Waals surface area contributed by atoms with E-state index < -0.39 is 0 Å². The van der Waals surface area contributed by atoms with Crippen molar-refractivity contribution in [3.05, 3.63) is 34.9 Å². The minimum atomic E-state index is 0.279. The van der Waals surface area contributed by atoms with Crippen LogP contribution in [0.4, 0.5) is 0 Å². The van der Waals surface area contributed by atoms with Gasteiger partial charge < -0.3 is 5.32 Å². The van der Waals surface area contributed by atoms with Gasteiger partial charge >= 0.3 is 0 Å². The Morgan fingerprint density at radius 1 is 1.32 bits per heavy atom. The fourth-order valence-corrected chi connectivity index (χ4v) is 4.21. The van der Waals surface area contributed by atoms with Gasteiger partial charge in [0, 0.05) is 10.8 Å². The van der Waals surface area contributed by atoms with E-state index in [2.05, 4.69) is 24.4 Å². The molecule has 1 fully saturated rings. The summed E-state index contributed by atoms with van der Waals surface area (Å²) in [5.74, 6) is 2.05. The molecule has 102 valence electrons. The molecule has 3 atom stereocenters. The van der Waals surface area contributed by atoms with Crippen molar-refractivity contribution in [1.29, 1.82) is 0 Å².